The highest BCUT2D eigenvalue weighted by Gasteiger charge is 2.47. The predicted molar refractivity (Wildman–Crippen MR) is 116 cm³/mol. The molecule has 1 atom stereocenters. The Labute approximate surface area is 185 Å². The summed E-state index contributed by atoms with van der Waals surface area (Å²) in [4.78, 5) is 13.5. The lowest BCUT2D eigenvalue weighted by atomic mass is 10.0. The number of urea groups is 1. The van der Waals surface area contributed by atoms with Gasteiger partial charge < -0.3 is 10.1 Å². The highest BCUT2D eigenvalue weighted by molar-refractivity contribution is 6.30. The number of hydrogen-bond donors (Lipinski definition) is 1. The van der Waals surface area contributed by atoms with Crippen LogP contribution in [-0.4, -0.2) is 19.3 Å². The van der Waals surface area contributed by atoms with Gasteiger partial charge in [-0.3, -0.25) is 4.90 Å². The summed E-state index contributed by atoms with van der Waals surface area (Å²) in [6, 6.07) is 8.17. The van der Waals surface area contributed by atoms with Crippen molar-refractivity contribution < 1.29 is 22.7 Å². The second kappa shape index (κ2) is 11.0. The number of terminal acetylenes is 1. The third-order valence-corrected chi connectivity index (χ3v) is 4.52. The molecule has 1 saturated carbocycles. The maximum atomic E-state index is 13.3. The zero-order valence-corrected chi connectivity index (χ0v) is 18.1. The van der Waals surface area contributed by atoms with E-state index in [0.29, 0.717) is 5.75 Å². The lowest BCUT2D eigenvalue weighted by Crippen LogP contribution is -2.50. The minimum absolute atomic E-state index is 0.0758. The molecule has 166 valence electrons. The maximum absolute atomic E-state index is 13.3. The van der Waals surface area contributed by atoms with Gasteiger partial charge in [-0.2, -0.15) is 13.2 Å². The number of rotatable bonds is 3. The summed E-state index contributed by atoms with van der Waals surface area (Å²) in [5.74, 6) is 2.90. The van der Waals surface area contributed by atoms with Crippen molar-refractivity contribution in [3.05, 3.63) is 58.6 Å². The van der Waals surface area contributed by atoms with E-state index in [4.69, 9.17) is 16.3 Å². The fourth-order valence-corrected chi connectivity index (χ4v) is 2.90. The second-order valence-electron chi connectivity index (χ2n) is 6.91. The number of nitrogens with zero attached hydrogens (tertiary/aromatic N) is 1. The Bertz CT molecular complexity index is 919. The average molecular weight is 453 g/mol. The van der Waals surface area contributed by atoms with Crippen LogP contribution in [0.2, 0.25) is 5.02 Å². The number of anilines is 1. The zero-order chi connectivity index (χ0) is 23.0. The number of carbonyl (C=O) groups is 1. The molecule has 0 saturated heterocycles. The zero-order valence-electron chi connectivity index (χ0n) is 17.3. The number of halogens is 4. The first-order valence-corrected chi connectivity index (χ1v) is 10.0. The molecular formula is C23H24ClF3N2O2. The normalized spacial score (nSPS) is 16.4. The van der Waals surface area contributed by atoms with Gasteiger partial charge in [-0.15, -0.1) is 12.3 Å². The van der Waals surface area contributed by atoms with Gasteiger partial charge in [-0.05, 0) is 42.8 Å². The average Bonchev–Trinajstić information content (AvgIpc) is 3.59. The molecule has 1 heterocycles. The number of carbonyl (C=O) groups excluding carboxylic acids is 1. The summed E-state index contributed by atoms with van der Waals surface area (Å²) in [6.07, 6.45) is 4.49. The number of hydrogen-bond acceptors (Lipinski definition) is 2. The van der Waals surface area contributed by atoms with Gasteiger partial charge in [0.25, 0.3) is 0 Å². The van der Waals surface area contributed by atoms with Gasteiger partial charge in [0.05, 0.1) is 19.3 Å². The van der Waals surface area contributed by atoms with Crippen molar-refractivity contribution >= 4 is 23.3 Å². The SMILES string of the molecule is C#CC.C1CC1.COc1ccc(CN2C(=O)NC(C(F)(F)F)c3cc(Cl)ccc32)cc1. The lowest BCUT2D eigenvalue weighted by molar-refractivity contribution is -0.155. The molecule has 2 aromatic carbocycles. The van der Waals surface area contributed by atoms with Crippen molar-refractivity contribution in [2.45, 2.75) is 44.9 Å². The molecule has 0 bridgehead atoms. The number of fused-ring (bicyclic) bond motifs is 1. The van der Waals surface area contributed by atoms with E-state index in [1.165, 1.54) is 49.5 Å². The van der Waals surface area contributed by atoms with E-state index in [1.807, 2.05) is 5.32 Å². The van der Waals surface area contributed by atoms with Crippen molar-refractivity contribution in [2.24, 2.45) is 0 Å². The van der Waals surface area contributed by atoms with Crippen LogP contribution in [0, 0.1) is 12.3 Å². The molecule has 0 radical (unpaired) electrons. The van der Waals surface area contributed by atoms with Crippen molar-refractivity contribution in [1.82, 2.24) is 5.32 Å². The Kier molecular flexibility index (Phi) is 8.64. The minimum Gasteiger partial charge on any atom is -0.497 e. The predicted octanol–water partition coefficient (Wildman–Crippen LogP) is 6.49. The molecule has 1 N–H and O–H groups in total. The second-order valence-corrected chi connectivity index (χ2v) is 7.35. The summed E-state index contributed by atoms with van der Waals surface area (Å²) in [5.41, 5.74) is 0.863. The number of amides is 2. The van der Waals surface area contributed by atoms with E-state index in [1.54, 1.807) is 31.2 Å². The summed E-state index contributed by atoms with van der Waals surface area (Å²) in [6.45, 7) is 1.77. The van der Waals surface area contributed by atoms with E-state index < -0.39 is 18.2 Å². The molecule has 1 fully saturated rings. The quantitative estimate of drug-likeness (QED) is 0.540. The van der Waals surface area contributed by atoms with Crippen LogP contribution in [0.4, 0.5) is 23.7 Å². The Balaban J connectivity index is 0.000000499. The Morgan fingerprint density at radius 3 is 2.26 bits per heavy atom. The van der Waals surface area contributed by atoms with Crippen molar-refractivity contribution in [3.63, 3.8) is 0 Å². The van der Waals surface area contributed by atoms with Crippen LogP contribution < -0.4 is 15.0 Å². The lowest BCUT2D eigenvalue weighted by Gasteiger charge is -2.36. The van der Waals surface area contributed by atoms with Crippen LogP contribution in [0.5, 0.6) is 5.75 Å². The Morgan fingerprint density at radius 1 is 1.19 bits per heavy atom. The van der Waals surface area contributed by atoms with Crippen molar-refractivity contribution in [3.8, 4) is 18.1 Å². The smallest absolute Gasteiger partial charge is 0.413 e. The molecule has 0 spiro atoms. The number of benzene rings is 2. The molecule has 1 aliphatic carbocycles. The van der Waals surface area contributed by atoms with Crippen LogP contribution in [-0.2, 0) is 6.54 Å². The molecule has 1 aliphatic heterocycles. The van der Waals surface area contributed by atoms with E-state index in [0.717, 1.165) is 5.56 Å². The molecule has 4 nitrogen and oxygen atoms in total. The first-order chi connectivity index (χ1) is 14.7. The molecule has 2 aliphatic rings. The summed E-state index contributed by atoms with van der Waals surface area (Å²) >= 11 is 5.86. The molecular weight excluding hydrogens is 429 g/mol. The molecule has 2 aromatic rings. The van der Waals surface area contributed by atoms with Crippen LogP contribution in [0.15, 0.2) is 42.5 Å². The summed E-state index contributed by atoms with van der Waals surface area (Å²) in [5, 5.41) is 2.19. The van der Waals surface area contributed by atoms with Crippen LogP contribution in [0.25, 0.3) is 0 Å². The molecule has 1 unspecified atom stereocenters. The fraction of sp³-hybridized carbons (Fsp3) is 0.348. The van der Waals surface area contributed by atoms with E-state index in [9.17, 15) is 18.0 Å². The van der Waals surface area contributed by atoms with E-state index in [2.05, 4.69) is 12.3 Å². The monoisotopic (exact) mass is 452 g/mol. The van der Waals surface area contributed by atoms with E-state index in [-0.39, 0.29) is 22.8 Å². The minimum atomic E-state index is -4.61. The van der Waals surface area contributed by atoms with Crippen LogP contribution in [0.1, 0.15) is 43.4 Å². The number of ether oxygens (including phenoxy) is 1. The summed E-state index contributed by atoms with van der Waals surface area (Å²) < 4.78 is 44.9. The van der Waals surface area contributed by atoms with Gasteiger partial charge in [-0.1, -0.05) is 43.0 Å². The topological polar surface area (TPSA) is 41.6 Å². The van der Waals surface area contributed by atoms with Gasteiger partial charge in [-0.25, -0.2) is 4.79 Å². The van der Waals surface area contributed by atoms with Gasteiger partial charge in [0.1, 0.15) is 5.75 Å². The van der Waals surface area contributed by atoms with Crippen LogP contribution in [0.3, 0.4) is 0 Å². The fourth-order valence-electron chi connectivity index (χ4n) is 2.72. The first-order valence-electron chi connectivity index (χ1n) is 9.65. The standard InChI is InChI=1S/C17H14ClF3N2O2.C3H6.C3H4/c1-25-12-5-2-10(3-6-12)9-23-14-7-4-11(18)8-13(14)15(17(19,20)21)22-16(23)24;1-2-3-1;1-3-2/h2-8,15H,9H2,1H3,(H,22,24);1-3H2;1H,2H3. The molecule has 31 heavy (non-hydrogen) atoms. The number of nitrogens with one attached hydrogen (secondary N) is 1. The third kappa shape index (κ3) is 7.11. The maximum Gasteiger partial charge on any atom is 0.413 e. The number of methoxy groups -OCH3 is 1. The highest BCUT2D eigenvalue weighted by atomic mass is 35.5. The van der Waals surface area contributed by atoms with Gasteiger partial charge in [0.2, 0.25) is 0 Å². The van der Waals surface area contributed by atoms with Gasteiger partial charge in [0.15, 0.2) is 6.04 Å². The van der Waals surface area contributed by atoms with E-state index >= 15 is 0 Å². The Hall–Kier alpha value is -2.85. The number of alkyl halides is 3. The first kappa shape index (κ1) is 24.4. The van der Waals surface area contributed by atoms with Gasteiger partial charge in [0, 0.05) is 10.6 Å². The molecule has 2 amide bonds. The molecule has 4 rings (SSSR count). The van der Waals surface area contributed by atoms with Gasteiger partial charge >= 0.3 is 12.2 Å². The Morgan fingerprint density at radius 2 is 1.77 bits per heavy atom. The summed E-state index contributed by atoms with van der Waals surface area (Å²) in [7, 11) is 1.53. The van der Waals surface area contributed by atoms with Crippen molar-refractivity contribution in [2.75, 3.05) is 12.0 Å². The third-order valence-electron chi connectivity index (χ3n) is 4.28. The van der Waals surface area contributed by atoms with Crippen LogP contribution >= 0.6 is 11.6 Å². The van der Waals surface area contributed by atoms with Crippen molar-refractivity contribution in [1.29, 1.82) is 0 Å². The molecule has 8 heteroatoms. The largest absolute Gasteiger partial charge is 0.497 e. The highest BCUT2D eigenvalue weighted by Crippen LogP contribution is 2.42. The molecule has 0 aromatic heterocycles.